The van der Waals surface area contributed by atoms with E-state index in [2.05, 4.69) is 11.3 Å². The molecule has 4 nitrogen and oxygen atoms in total. The summed E-state index contributed by atoms with van der Waals surface area (Å²) in [5.41, 5.74) is 2.03. The lowest BCUT2D eigenvalue weighted by atomic mass is 10.3. The van der Waals surface area contributed by atoms with E-state index in [1.54, 1.807) is 12.2 Å². The quantitative estimate of drug-likeness (QED) is 0.465. The van der Waals surface area contributed by atoms with Crippen LogP contribution in [-0.2, 0) is 14.3 Å². The van der Waals surface area contributed by atoms with Crippen molar-refractivity contribution in [3.63, 3.8) is 0 Å². The summed E-state index contributed by atoms with van der Waals surface area (Å²) in [7, 11) is 0. The van der Waals surface area contributed by atoms with Gasteiger partial charge >= 0.3 is 11.9 Å². The van der Waals surface area contributed by atoms with Gasteiger partial charge in [-0.15, -0.1) is 0 Å². The van der Waals surface area contributed by atoms with Crippen LogP contribution in [0.25, 0.3) is 0 Å². The van der Waals surface area contributed by atoms with Crippen molar-refractivity contribution >= 4 is 11.9 Å². The van der Waals surface area contributed by atoms with E-state index in [0.29, 0.717) is 6.61 Å². The van der Waals surface area contributed by atoms with Crippen LogP contribution in [0.3, 0.4) is 0 Å². The number of carbonyl (C=O) groups excluding carboxylic acids is 1. The minimum atomic E-state index is -0.812. The normalized spacial score (nSPS) is 9.11. The van der Waals surface area contributed by atoms with Crippen LogP contribution >= 0.6 is 0 Å². The van der Waals surface area contributed by atoms with Crippen molar-refractivity contribution in [2.45, 2.75) is 34.1 Å². The predicted octanol–water partition coefficient (Wildman–Crippen LogP) is 3.11. The van der Waals surface area contributed by atoms with Crippen LogP contribution in [0.5, 0.6) is 0 Å². The van der Waals surface area contributed by atoms with Crippen molar-refractivity contribution in [3.05, 3.63) is 36.0 Å². The van der Waals surface area contributed by atoms with E-state index in [9.17, 15) is 9.59 Å². The number of aliphatic carboxylic acids is 1. The van der Waals surface area contributed by atoms with Gasteiger partial charge in [-0.25, -0.2) is 0 Å². The molecule has 18 heavy (non-hydrogen) atoms. The highest BCUT2D eigenvalue weighted by atomic mass is 16.5. The lowest BCUT2D eigenvalue weighted by Gasteiger charge is -1.94. The first-order chi connectivity index (χ1) is 8.25. The Balaban J connectivity index is 0. The van der Waals surface area contributed by atoms with Crippen molar-refractivity contribution in [3.8, 4) is 0 Å². The third kappa shape index (κ3) is 23.8. The molecule has 0 rings (SSSR count). The molecule has 0 bridgehead atoms. The summed E-state index contributed by atoms with van der Waals surface area (Å²) < 4.78 is 4.64. The molecule has 0 radical (unpaired) electrons. The van der Waals surface area contributed by atoms with Gasteiger partial charge in [-0.05, 0) is 26.8 Å². The third-order valence-electron chi connectivity index (χ3n) is 1.47. The molecule has 0 aromatic carbocycles. The molecule has 0 aliphatic carbocycles. The molecule has 0 fully saturated rings. The van der Waals surface area contributed by atoms with Gasteiger partial charge in [-0.3, -0.25) is 9.59 Å². The Labute approximate surface area is 109 Å². The number of hydrogen-bond donors (Lipinski definition) is 1. The highest BCUT2D eigenvalue weighted by molar-refractivity contribution is 5.68. The number of allylic oxidation sites excluding steroid dienone is 3. The molecule has 0 aliphatic heterocycles. The van der Waals surface area contributed by atoms with E-state index in [-0.39, 0.29) is 12.4 Å². The van der Waals surface area contributed by atoms with E-state index in [0.717, 1.165) is 11.1 Å². The number of carboxylic acid groups (broad SMARTS) is 1. The molecule has 0 heterocycles. The zero-order valence-electron chi connectivity index (χ0n) is 11.5. The van der Waals surface area contributed by atoms with Gasteiger partial charge in [-0.1, -0.05) is 29.9 Å². The molecule has 0 saturated carbocycles. The summed E-state index contributed by atoms with van der Waals surface area (Å²) in [4.78, 5) is 20.1. The monoisotopic (exact) mass is 254 g/mol. The fourth-order valence-electron chi connectivity index (χ4n) is 0.687. The van der Waals surface area contributed by atoms with Gasteiger partial charge in [-0.2, -0.15) is 0 Å². The second-order valence-corrected chi connectivity index (χ2v) is 3.93. The van der Waals surface area contributed by atoms with Gasteiger partial charge in [0.05, 0.1) is 6.42 Å². The van der Waals surface area contributed by atoms with Crippen LogP contribution in [0.1, 0.15) is 34.1 Å². The fraction of sp³-hybridized carbons (Fsp3) is 0.429. The van der Waals surface area contributed by atoms with Crippen LogP contribution in [0, 0.1) is 0 Å². The molecule has 4 heteroatoms. The number of hydrogen-bond acceptors (Lipinski definition) is 3. The molecule has 0 aliphatic rings. The minimum absolute atomic E-state index is 0.0762. The van der Waals surface area contributed by atoms with Crippen LogP contribution < -0.4 is 0 Å². The van der Waals surface area contributed by atoms with E-state index in [1.165, 1.54) is 6.92 Å². The van der Waals surface area contributed by atoms with E-state index in [4.69, 9.17) is 5.11 Å². The molecular formula is C14H22O4. The topological polar surface area (TPSA) is 63.6 Å². The Hall–Kier alpha value is -1.84. The fourth-order valence-corrected chi connectivity index (χ4v) is 0.687. The zero-order valence-corrected chi connectivity index (χ0v) is 11.5. The average molecular weight is 254 g/mol. The van der Waals surface area contributed by atoms with Crippen molar-refractivity contribution in [1.29, 1.82) is 0 Å². The number of rotatable bonds is 5. The maximum absolute atomic E-state index is 10.2. The molecule has 0 amide bonds. The van der Waals surface area contributed by atoms with E-state index in [1.807, 2.05) is 26.8 Å². The minimum Gasteiger partial charge on any atom is -0.481 e. The van der Waals surface area contributed by atoms with Crippen molar-refractivity contribution in [1.82, 2.24) is 0 Å². The van der Waals surface area contributed by atoms with Gasteiger partial charge in [0, 0.05) is 6.92 Å². The number of ether oxygens (including phenoxy) is 1. The number of carbonyl (C=O) groups is 2. The van der Waals surface area contributed by atoms with Crippen LogP contribution in [0.4, 0.5) is 0 Å². The largest absolute Gasteiger partial charge is 0.481 e. The Kier molecular flexibility index (Phi) is 12.0. The van der Waals surface area contributed by atoms with Crippen molar-refractivity contribution in [2.24, 2.45) is 0 Å². The summed E-state index contributed by atoms with van der Waals surface area (Å²) in [6.45, 7) is 11.1. The highest BCUT2D eigenvalue weighted by Gasteiger charge is 1.87. The first-order valence-corrected chi connectivity index (χ1v) is 5.56. The number of carboxylic acids is 1. The Bertz CT molecular complexity index is 334. The SMILES string of the molecule is C=C(C)C=CCC(=O)O.CC(=O)OCC=C(C)C. The Morgan fingerprint density at radius 3 is 2.11 bits per heavy atom. The third-order valence-corrected chi connectivity index (χ3v) is 1.47. The predicted molar refractivity (Wildman–Crippen MR) is 72.3 cm³/mol. The second kappa shape index (κ2) is 11.6. The van der Waals surface area contributed by atoms with E-state index >= 15 is 0 Å². The molecule has 102 valence electrons. The smallest absolute Gasteiger partial charge is 0.307 e. The summed E-state index contributed by atoms with van der Waals surface area (Å²) in [5, 5.41) is 8.15. The van der Waals surface area contributed by atoms with Gasteiger partial charge < -0.3 is 9.84 Å². The maximum Gasteiger partial charge on any atom is 0.307 e. The molecule has 1 N–H and O–H groups in total. The van der Waals surface area contributed by atoms with Crippen LogP contribution in [0.15, 0.2) is 36.0 Å². The first kappa shape index (κ1) is 18.5. The molecule has 0 unspecified atom stereocenters. The molecule has 0 aromatic rings. The summed E-state index contributed by atoms with van der Waals surface area (Å²) in [6, 6.07) is 0. The molecule has 0 spiro atoms. The lowest BCUT2D eigenvalue weighted by molar-refractivity contribution is -0.139. The van der Waals surface area contributed by atoms with Gasteiger partial charge in [0.15, 0.2) is 0 Å². The van der Waals surface area contributed by atoms with Crippen LogP contribution in [0.2, 0.25) is 0 Å². The standard InChI is InChI=1S/C7H12O2.C7H10O2/c1-6(2)4-5-9-7(3)8;1-6(2)4-3-5-7(8)9/h4H,5H2,1-3H3;3-4H,1,5H2,2H3,(H,8,9). The second-order valence-electron chi connectivity index (χ2n) is 3.93. The molecule has 0 aromatic heterocycles. The van der Waals surface area contributed by atoms with Gasteiger partial charge in [0.25, 0.3) is 0 Å². The maximum atomic E-state index is 10.2. The molecule has 0 atom stereocenters. The molecular weight excluding hydrogens is 232 g/mol. The van der Waals surface area contributed by atoms with Crippen molar-refractivity contribution < 1.29 is 19.4 Å². The summed E-state index contributed by atoms with van der Waals surface area (Å²) in [5.74, 6) is -1.04. The highest BCUT2D eigenvalue weighted by Crippen LogP contribution is 1.90. The van der Waals surface area contributed by atoms with Crippen LogP contribution in [-0.4, -0.2) is 23.7 Å². The molecule has 0 saturated heterocycles. The average Bonchev–Trinajstić information content (AvgIpc) is 2.15. The first-order valence-electron chi connectivity index (χ1n) is 5.56. The van der Waals surface area contributed by atoms with Gasteiger partial charge in [0.1, 0.15) is 6.61 Å². The Morgan fingerprint density at radius 1 is 1.22 bits per heavy atom. The number of esters is 1. The summed E-state index contributed by atoms with van der Waals surface area (Å²) >= 11 is 0. The lowest BCUT2D eigenvalue weighted by Crippen LogP contribution is -1.97. The zero-order chi connectivity index (χ0) is 14.6. The van der Waals surface area contributed by atoms with Gasteiger partial charge in [0.2, 0.25) is 0 Å². The van der Waals surface area contributed by atoms with Crippen molar-refractivity contribution in [2.75, 3.05) is 6.61 Å². The van der Waals surface area contributed by atoms with E-state index < -0.39 is 5.97 Å². The Morgan fingerprint density at radius 2 is 1.78 bits per heavy atom. The summed E-state index contributed by atoms with van der Waals surface area (Å²) in [6.07, 6.45) is 5.20.